The SMILES string of the molecule is C=C1CC(OC(=O)C2(c3ccccc3)CCCCCC2)C1CC[NH3+].CC(=O)Nc1cnccn1. The third-order valence-electron chi connectivity index (χ3n) is 6.75. The zero-order valence-electron chi connectivity index (χ0n) is 20.2. The molecule has 4 rings (SSSR count). The van der Waals surface area contributed by atoms with Crippen molar-refractivity contribution in [2.75, 3.05) is 11.9 Å². The molecule has 182 valence electrons. The molecule has 2 aliphatic carbocycles. The summed E-state index contributed by atoms with van der Waals surface area (Å²) >= 11 is 0. The van der Waals surface area contributed by atoms with Crippen molar-refractivity contribution in [3.05, 3.63) is 66.6 Å². The maximum atomic E-state index is 13.3. The van der Waals surface area contributed by atoms with Crippen LogP contribution in [-0.2, 0) is 19.7 Å². The predicted molar refractivity (Wildman–Crippen MR) is 132 cm³/mol. The van der Waals surface area contributed by atoms with Gasteiger partial charge in [-0.2, -0.15) is 0 Å². The van der Waals surface area contributed by atoms with Gasteiger partial charge in [0.2, 0.25) is 5.91 Å². The van der Waals surface area contributed by atoms with Crippen LogP contribution in [0.1, 0.15) is 63.9 Å². The molecule has 2 aromatic rings. The fourth-order valence-corrected chi connectivity index (χ4v) is 4.88. The van der Waals surface area contributed by atoms with Crippen LogP contribution in [0.25, 0.3) is 0 Å². The molecule has 2 saturated carbocycles. The lowest BCUT2D eigenvalue weighted by Crippen LogP contribution is -2.53. The Balaban J connectivity index is 0.000000271. The van der Waals surface area contributed by atoms with E-state index < -0.39 is 5.41 Å². The first-order valence-electron chi connectivity index (χ1n) is 12.2. The highest BCUT2D eigenvalue weighted by atomic mass is 16.5. The summed E-state index contributed by atoms with van der Waals surface area (Å²) < 4.78 is 6.05. The molecule has 1 aromatic heterocycles. The molecule has 1 amide bonds. The summed E-state index contributed by atoms with van der Waals surface area (Å²) in [5, 5.41) is 2.49. The van der Waals surface area contributed by atoms with E-state index in [-0.39, 0.29) is 18.0 Å². The third-order valence-corrected chi connectivity index (χ3v) is 6.75. The van der Waals surface area contributed by atoms with E-state index in [0.717, 1.165) is 50.6 Å². The first-order chi connectivity index (χ1) is 16.5. The molecule has 0 aliphatic heterocycles. The molecule has 0 bridgehead atoms. The number of anilines is 1. The molecular formula is C27H37N4O3+. The molecule has 7 heteroatoms. The number of quaternary nitrogens is 1. The van der Waals surface area contributed by atoms with Crippen LogP contribution in [0, 0.1) is 5.92 Å². The van der Waals surface area contributed by atoms with E-state index in [1.54, 1.807) is 6.20 Å². The quantitative estimate of drug-likeness (QED) is 0.383. The zero-order valence-corrected chi connectivity index (χ0v) is 20.2. The first kappa shape index (κ1) is 25.6. The molecule has 2 unspecified atom stereocenters. The highest BCUT2D eigenvalue weighted by Gasteiger charge is 2.45. The van der Waals surface area contributed by atoms with Gasteiger partial charge in [-0.15, -0.1) is 0 Å². The Hall–Kier alpha value is -3.06. The fourth-order valence-electron chi connectivity index (χ4n) is 4.88. The van der Waals surface area contributed by atoms with E-state index in [1.165, 1.54) is 37.7 Å². The van der Waals surface area contributed by atoms with E-state index in [1.807, 2.05) is 18.2 Å². The molecule has 4 N–H and O–H groups in total. The standard InChI is InChI=1S/C21H29NO2.C6H7N3O/c1-16-15-19(18(16)11-14-22)24-20(23)21(12-7-2-3-8-13-21)17-9-5-4-6-10-17;1-5(10)9-6-4-7-2-3-8-6/h4-6,9-10,18-19H,1-3,7-8,11-15,22H2;2-4H,1H3,(H,8,9,10)/p+1. The zero-order chi connectivity index (χ0) is 24.4. The highest BCUT2D eigenvalue weighted by molar-refractivity contribution is 5.87. The number of nitrogens with one attached hydrogen (secondary N) is 1. The Morgan fingerprint density at radius 3 is 2.41 bits per heavy atom. The first-order valence-corrected chi connectivity index (χ1v) is 12.2. The van der Waals surface area contributed by atoms with Crippen molar-refractivity contribution in [2.45, 2.75) is 69.8 Å². The summed E-state index contributed by atoms with van der Waals surface area (Å²) in [6.45, 7) is 6.39. The number of nitrogens with zero attached hydrogens (tertiary/aromatic N) is 2. The Labute approximate surface area is 202 Å². The van der Waals surface area contributed by atoms with Crippen LogP contribution in [0.15, 0.2) is 61.1 Å². The van der Waals surface area contributed by atoms with Crippen LogP contribution < -0.4 is 11.1 Å². The van der Waals surface area contributed by atoms with Gasteiger partial charge in [0.1, 0.15) is 6.10 Å². The molecule has 2 atom stereocenters. The van der Waals surface area contributed by atoms with Crippen molar-refractivity contribution >= 4 is 17.7 Å². The van der Waals surface area contributed by atoms with Gasteiger partial charge >= 0.3 is 5.97 Å². The van der Waals surface area contributed by atoms with Gasteiger partial charge in [-0.25, -0.2) is 4.98 Å². The number of carbonyl (C=O) groups is 2. The van der Waals surface area contributed by atoms with E-state index in [0.29, 0.717) is 11.7 Å². The van der Waals surface area contributed by atoms with Gasteiger partial charge in [0.05, 0.1) is 18.2 Å². The van der Waals surface area contributed by atoms with Crippen LogP contribution in [0.5, 0.6) is 0 Å². The second kappa shape index (κ2) is 12.4. The number of amides is 1. The van der Waals surface area contributed by atoms with Crippen LogP contribution in [0.3, 0.4) is 0 Å². The minimum atomic E-state index is -0.455. The average Bonchev–Trinajstić information content (AvgIpc) is 3.11. The number of aromatic nitrogens is 2. The van der Waals surface area contributed by atoms with Crippen LogP contribution >= 0.6 is 0 Å². The van der Waals surface area contributed by atoms with E-state index in [9.17, 15) is 9.59 Å². The smallest absolute Gasteiger partial charge is 0.316 e. The number of hydrogen-bond acceptors (Lipinski definition) is 5. The van der Waals surface area contributed by atoms with Crippen LogP contribution in [0.2, 0.25) is 0 Å². The lowest BCUT2D eigenvalue weighted by Gasteiger charge is -2.41. The molecule has 0 spiro atoms. The normalized spacial score (nSPS) is 21.2. The third kappa shape index (κ3) is 6.50. The van der Waals surface area contributed by atoms with Gasteiger partial charge in [0.15, 0.2) is 5.82 Å². The summed E-state index contributed by atoms with van der Waals surface area (Å²) in [6.07, 6.45) is 12.8. The van der Waals surface area contributed by atoms with Gasteiger partial charge in [-0.05, 0) is 18.4 Å². The van der Waals surface area contributed by atoms with Crippen molar-refractivity contribution in [1.29, 1.82) is 0 Å². The van der Waals surface area contributed by atoms with Gasteiger partial charge in [-0.3, -0.25) is 14.6 Å². The highest BCUT2D eigenvalue weighted by Crippen LogP contribution is 2.43. The maximum Gasteiger partial charge on any atom is 0.316 e. The number of carbonyl (C=O) groups excluding carboxylic acids is 2. The number of esters is 1. The molecule has 34 heavy (non-hydrogen) atoms. The second-order valence-corrected chi connectivity index (χ2v) is 9.19. The molecule has 7 nitrogen and oxygen atoms in total. The summed E-state index contributed by atoms with van der Waals surface area (Å²) in [5.74, 6) is 0.641. The Bertz CT molecular complexity index is 941. The molecule has 0 saturated heterocycles. The summed E-state index contributed by atoms with van der Waals surface area (Å²) in [6, 6.07) is 10.3. The van der Waals surface area contributed by atoms with Crippen molar-refractivity contribution in [1.82, 2.24) is 9.97 Å². The van der Waals surface area contributed by atoms with Crippen molar-refractivity contribution < 1.29 is 20.1 Å². The van der Waals surface area contributed by atoms with Crippen LogP contribution in [-0.4, -0.2) is 34.5 Å². The predicted octanol–water partition coefficient (Wildman–Crippen LogP) is 3.83. The van der Waals surface area contributed by atoms with Crippen molar-refractivity contribution in [3.63, 3.8) is 0 Å². The molecule has 1 heterocycles. The van der Waals surface area contributed by atoms with Gasteiger partial charge in [0.25, 0.3) is 0 Å². The molecule has 2 fully saturated rings. The van der Waals surface area contributed by atoms with Gasteiger partial charge in [-0.1, -0.05) is 68.2 Å². The number of benzene rings is 1. The Morgan fingerprint density at radius 2 is 1.85 bits per heavy atom. The molecular weight excluding hydrogens is 428 g/mol. The Kier molecular flexibility index (Phi) is 9.33. The van der Waals surface area contributed by atoms with Gasteiger partial charge in [0, 0.05) is 38.1 Å². The van der Waals surface area contributed by atoms with Gasteiger partial charge < -0.3 is 15.8 Å². The van der Waals surface area contributed by atoms with E-state index in [4.69, 9.17) is 4.74 Å². The van der Waals surface area contributed by atoms with E-state index in [2.05, 4.69) is 39.7 Å². The number of rotatable bonds is 6. The molecule has 2 aliphatic rings. The van der Waals surface area contributed by atoms with Crippen LogP contribution in [0.4, 0.5) is 5.82 Å². The Morgan fingerprint density at radius 1 is 1.15 bits per heavy atom. The lowest BCUT2D eigenvalue weighted by atomic mass is 9.72. The molecule has 0 radical (unpaired) electrons. The monoisotopic (exact) mass is 465 g/mol. The topological polar surface area (TPSA) is 109 Å². The lowest BCUT2D eigenvalue weighted by molar-refractivity contribution is -0.371. The number of ether oxygens (including phenoxy) is 1. The summed E-state index contributed by atoms with van der Waals surface area (Å²) in [4.78, 5) is 31.3. The molecule has 1 aromatic carbocycles. The fraction of sp³-hybridized carbons (Fsp3) is 0.481. The second-order valence-electron chi connectivity index (χ2n) is 9.19. The number of hydrogen-bond donors (Lipinski definition) is 2. The van der Waals surface area contributed by atoms with Crippen molar-refractivity contribution in [2.24, 2.45) is 5.92 Å². The van der Waals surface area contributed by atoms with Crippen molar-refractivity contribution in [3.8, 4) is 0 Å². The average molecular weight is 466 g/mol. The minimum Gasteiger partial charge on any atom is -0.461 e. The minimum absolute atomic E-state index is 0.00981. The maximum absolute atomic E-state index is 13.3. The summed E-state index contributed by atoms with van der Waals surface area (Å²) in [5.41, 5.74) is 5.83. The van der Waals surface area contributed by atoms with E-state index >= 15 is 0 Å². The summed E-state index contributed by atoms with van der Waals surface area (Å²) in [7, 11) is 0. The largest absolute Gasteiger partial charge is 0.461 e.